The fourth-order valence-electron chi connectivity index (χ4n) is 7.79. The van der Waals surface area contributed by atoms with Gasteiger partial charge in [-0.2, -0.15) is 0 Å². The smallest absolute Gasteiger partial charge is 0.273 e. The van der Waals surface area contributed by atoms with Crippen molar-refractivity contribution in [2.75, 3.05) is 58.0 Å². The van der Waals surface area contributed by atoms with Gasteiger partial charge in [-0.05, 0) is 97.4 Å². The van der Waals surface area contributed by atoms with E-state index in [1.165, 1.54) is 10.6 Å². The summed E-state index contributed by atoms with van der Waals surface area (Å²) in [5.41, 5.74) is 3.57. The van der Waals surface area contributed by atoms with E-state index in [0.29, 0.717) is 94.7 Å². The number of aromatic nitrogens is 4. The lowest BCUT2D eigenvalue weighted by Crippen LogP contribution is -2.54. The van der Waals surface area contributed by atoms with Crippen LogP contribution in [0.1, 0.15) is 79.3 Å². The Morgan fingerprint density at radius 3 is 2.42 bits per heavy atom. The topological polar surface area (TPSA) is 214 Å². The predicted octanol–water partition coefficient (Wildman–Crippen LogP) is 4.98. The third kappa shape index (κ3) is 12.5. The fourth-order valence-corrected chi connectivity index (χ4v) is 8.20. The van der Waals surface area contributed by atoms with E-state index in [4.69, 9.17) is 18.9 Å². The molecule has 7 rings (SSSR count). The number of hydrogen-bond donors (Lipinski definition) is 3. The molecule has 69 heavy (non-hydrogen) atoms. The van der Waals surface area contributed by atoms with Gasteiger partial charge in [0.1, 0.15) is 34.5 Å². The molecule has 2 aliphatic rings. The van der Waals surface area contributed by atoms with Crippen molar-refractivity contribution in [3.05, 3.63) is 133 Å². The van der Waals surface area contributed by atoms with E-state index in [-0.39, 0.29) is 52.3 Å². The molecule has 0 spiro atoms. The summed E-state index contributed by atoms with van der Waals surface area (Å²) >= 11 is 3.32. The molecule has 2 aromatic heterocycles. The van der Waals surface area contributed by atoms with Gasteiger partial charge in [0.15, 0.2) is 0 Å². The van der Waals surface area contributed by atoms with Gasteiger partial charge in [-0.25, -0.2) is 13.5 Å². The number of carbonyl (C=O) groups is 5. The molecule has 0 saturated carbocycles. The number of unbranched alkanes of at least 4 members (excludes halogenated alkanes) is 1. The Labute approximate surface area is 403 Å². The molecule has 364 valence electrons. The van der Waals surface area contributed by atoms with Crippen LogP contribution in [0.25, 0.3) is 5.69 Å². The molecule has 4 heterocycles. The van der Waals surface area contributed by atoms with Crippen molar-refractivity contribution in [1.29, 1.82) is 0 Å². The molecule has 1 unspecified atom stereocenters. The molecule has 1 saturated heterocycles. The van der Waals surface area contributed by atoms with Crippen molar-refractivity contribution in [2.24, 2.45) is 0 Å². The number of nitrogens with zero attached hydrogens (tertiary/aromatic N) is 5. The summed E-state index contributed by atoms with van der Waals surface area (Å²) in [4.78, 5) is 77.8. The van der Waals surface area contributed by atoms with E-state index in [0.717, 1.165) is 34.7 Å². The molecule has 3 N–H and O–H groups in total. The Morgan fingerprint density at radius 2 is 1.65 bits per heavy atom. The van der Waals surface area contributed by atoms with Crippen molar-refractivity contribution in [3.63, 3.8) is 0 Å². The zero-order chi connectivity index (χ0) is 49.0. The van der Waals surface area contributed by atoms with Gasteiger partial charge < -0.3 is 29.6 Å². The van der Waals surface area contributed by atoms with E-state index in [2.05, 4.69) is 42.2 Å². The lowest BCUT2D eigenvalue weighted by Gasteiger charge is -2.27. The van der Waals surface area contributed by atoms with Crippen molar-refractivity contribution in [1.82, 2.24) is 35.1 Å². The quantitative estimate of drug-likeness (QED) is 0.0550. The molecule has 1 atom stereocenters. The van der Waals surface area contributed by atoms with E-state index in [1.807, 2.05) is 13.1 Å². The molecule has 21 heteroatoms. The minimum atomic E-state index is -1.03. The molecule has 5 amide bonds. The zero-order valence-electron chi connectivity index (χ0n) is 38.0. The molecular weight excluding hydrogens is 966 g/mol. The van der Waals surface area contributed by atoms with Crippen molar-refractivity contribution < 1.29 is 51.7 Å². The SMILES string of the molecule is Cc1ccc(C(=O)NCCCCc2cn(CCOCCOCCOCCNc3cccc4c3C(=O)N(C3CCC(=O)NC3=O)C4=O)nn2)cc1-n1c(C)cc(OCc2ccc(F)cc2F)c(Br)c1=O. The maximum absolute atomic E-state index is 14.2. The summed E-state index contributed by atoms with van der Waals surface area (Å²) in [5, 5.41) is 16.7. The van der Waals surface area contributed by atoms with E-state index in [1.54, 1.807) is 54.1 Å². The first-order chi connectivity index (χ1) is 33.3. The summed E-state index contributed by atoms with van der Waals surface area (Å²) in [6, 6.07) is 13.8. The number of aryl methyl sites for hydroxylation is 3. The second-order valence-corrected chi connectivity index (χ2v) is 17.0. The van der Waals surface area contributed by atoms with E-state index < -0.39 is 46.9 Å². The van der Waals surface area contributed by atoms with Crippen LogP contribution in [0.2, 0.25) is 0 Å². The Morgan fingerprint density at radius 1 is 0.884 bits per heavy atom. The Kier molecular flexibility index (Phi) is 17.1. The van der Waals surface area contributed by atoms with Gasteiger partial charge in [0, 0.05) is 60.3 Å². The van der Waals surface area contributed by atoms with Gasteiger partial charge in [-0.1, -0.05) is 17.3 Å². The number of benzene rings is 3. The first-order valence-corrected chi connectivity index (χ1v) is 23.2. The highest BCUT2D eigenvalue weighted by molar-refractivity contribution is 9.10. The number of piperidine rings is 1. The number of rotatable bonds is 24. The number of halogens is 3. The molecule has 5 aromatic rings. The highest BCUT2D eigenvalue weighted by Crippen LogP contribution is 2.32. The van der Waals surface area contributed by atoms with Crippen LogP contribution in [-0.4, -0.2) is 113 Å². The number of carbonyl (C=O) groups excluding carboxylic acids is 5. The second-order valence-electron chi connectivity index (χ2n) is 16.3. The third-order valence-electron chi connectivity index (χ3n) is 11.4. The summed E-state index contributed by atoms with van der Waals surface area (Å²) in [5.74, 6) is -3.77. The highest BCUT2D eigenvalue weighted by Gasteiger charge is 2.45. The van der Waals surface area contributed by atoms with Crippen LogP contribution < -0.4 is 26.2 Å². The van der Waals surface area contributed by atoms with Gasteiger partial charge in [0.05, 0.1) is 68.7 Å². The number of amides is 5. The lowest BCUT2D eigenvalue weighted by atomic mass is 10.0. The van der Waals surface area contributed by atoms with Crippen molar-refractivity contribution in [2.45, 2.75) is 65.1 Å². The number of hydrogen-bond acceptors (Lipinski definition) is 13. The largest absolute Gasteiger partial charge is 0.487 e. The standard InChI is InChI=1S/C48H51BrF2N8O10/c1-29-9-10-31(25-39(29)58-30(2)24-40(43(49)48(58)65)69-28-32-11-12-33(50)26-36(32)51)44(61)53-15-4-3-6-34-27-57(56-55-34)17-19-67-21-23-68-22-20-66-18-16-52-37-8-5-7-35-42(37)47(64)59(46(35)63)38-13-14-41(60)54-45(38)62/h5,7-12,24-27,38,52H,3-4,6,13-23,28H2,1-2H3,(H,53,61)(H,54,60,62). The second kappa shape index (κ2) is 23.6. The average Bonchev–Trinajstić information content (AvgIpc) is 3.88. The van der Waals surface area contributed by atoms with Gasteiger partial charge >= 0.3 is 0 Å². The van der Waals surface area contributed by atoms with Crippen LogP contribution in [0.15, 0.2) is 76.1 Å². The number of fused-ring (bicyclic) bond motifs is 1. The summed E-state index contributed by atoms with van der Waals surface area (Å²) in [7, 11) is 0. The highest BCUT2D eigenvalue weighted by atomic mass is 79.9. The van der Waals surface area contributed by atoms with Gasteiger partial charge in [-0.3, -0.25) is 43.6 Å². The van der Waals surface area contributed by atoms with E-state index in [9.17, 15) is 37.5 Å². The van der Waals surface area contributed by atoms with Crippen molar-refractivity contribution >= 4 is 51.2 Å². The first kappa shape index (κ1) is 50.2. The van der Waals surface area contributed by atoms with Gasteiger partial charge in [0.2, 0.25) is 11.8 Å². The van der Waals surface area contributed by atoms with Crippen LogP contribution in [0, 0.1) is 25.5 Å². The number of nitrogens with one attached hydrogen (secondary N) is 3. The fraction of sp³-hybridized carbons (Fsp3) is 0.375. The normalized spacial score (nSPS) is 14.6. The van der Waals surface area contributed by atoms with Crippen LogP contribution >= 0.6 is 15.9 Å². The molecule has 0 bridgehead atoms. The van der Waals surface area contributed by atoms with Gasteiger partial charge in [-0.15, -0.1) is 5.10 Å². The number of ether oxygens (including phenoxy) is 4. The minimum Gasteiger partial charge on any atom is -0.487 e. The van der Waals surface area contributed by atoms with Crippen LogP contribution in [0.4, 0.5) is 14.5 Å². The first-order valence-electron chi connectivity index (χ1n) is 22.4. The lowest BCUT2D eigenvalue weighted by molar-refractivity contribution is -0.136. The number of pyridine rings is 1. The van der Waals surface area contributed by atoms with Crippen LogP contribution in [0.3, 0.4) is 0 Å². The third-order valence-corrected chi connectivity index (χ3v) is 12.1. The zero-order valence-corrected chi connectivity index (χ0v) is 39.6. The Balaban J connectivity index is 0.734. The van der Waals surface area contributed by atoms with Crippen LogP contribution in [-0.2, 0) is 43.4 Å². The summed E-state index contributed by atoms with van der Waals surface area (Å²) in [6.07, 6.45) is 4.14. The Bertz CT molecular complexity index is 2780. The molecular formula is C48H51BrF2N8O10. The predicted molar refractivity (Wildman–Crippen MR) is 249 cm³/mol. The monoisotopic (exact) mass is 1020 g/mol. The van der Waals surface area contributed by atoms with E-state index >= 15 is 0 Å². The maximum Gasteiger partial charge on any atom is 0.273 e. The minimum absolute atomic E-state index is 0.0480. The maximum atomic E-state index is 14.2. The summed E-state index contributed by atoms with van der Waals surface area (Å²) in [6.45, 7) is 6.80. The number of anilines is 1. The Hall–Kier alpha value is -6.68. The molecule has 1 fully saturated rings. The number of imide groups is 2. The molecule has 0 aliphatic carbocycles. The summed E-state index contributed by atoms with van der Waals surface area (Å²) < 4.78 is 53.4. The molecule has 18 nitrogen and oxygen atoms in total. The molecule has 3 aromatic carbocycles. The molecule has 0 radical (unpaired) electrons. The van der Waals surface area contributed by atoms with Gasteiger partial charge in [0.25, 0.3) is 23.3 Å². The van der Waals surface area contributed by atoms with Crippen LogP contribution in [0.5, 0.6) is 5.75 Å². The molecule has 2 aliphatic heterocycles. The van der Waals surface area contributed by atoms with Crippen molar-refractivity contribution in [3.8, 4) is 11.4 Å². The average molecular weight is 1020 g/mol.